The van der Waals surface area contributed by atoms with E-state index in [2.05, 4.69) is 16.7 Å². The fraction of sp³-hybridized carbons (Fsp3) is 0.167. The van der Waals surface area contributed by atoms with Crippen LogP contribution in [0.15, 0.2) is 71.6 Å². The lowest BCUT2D eigenvalue weighted by atomic mass is 10.1. The number of rotatable bonds is 6. The molecule has 6 heteroatoms. The molecule has 0 heterocycles. The number of carbonyl (C=O) groups excluding carboxylic acids is 2. The van der Waals surface area contributed by atoms with Crippen LogP contribution in [0, 0.1) is 13.8 Å². The van der Waals surface area contributed by atoms with Crippen molar-refractivity contribution in [2.75, 3.05) is 10.6 Å². The van der Waals surface area contributed by atoms with Crippen LogP contribution in [0.2, 0.25) is 5.02 Å². The Morgan fingerprint density at radius 1 is 0.867 bits per heavy atom. The fourth-order valence-electron chi connectivity index (χ4n) is 3.00. The Kier molecular flexibility index (Phi) is 7.19. The first-order valence-electron chi connectivity index (χ1n) is 9.53. The van der Waals surface area contributed by atoms with Crippen molar-refractivity contribution < 1.29 is 9.59 Å². The number of carbonyl (C=O) groups is 2. The molecule has 0 spiro atoms. The van der Waals surface area contributed by atoms with Crippen LogP contribution in [0.3, 0.4) is 0 Å². The van der Waals surface area contributed by atoms with Crippen molar-refractivity contribution in [3.63, 3.8) is 0 Å². The molecule has 0 saturated heterocycles. The van der Waals surface area contributed by atoms with Crippen molar-refractivity contribution in [2.24, 2.45) is 0 Å². The van der Waals surface area contributed by atoms with Gasteiger partial charge in [-0.2, -0.15) is 0 Å². The van der Waals surface area contributed by atoms with Gasteiger partial charge in [0.2, 0.25) is 5.91 Å². The van der Waals surface area contributed by atoms with Crippen LogP contribution in [0.4, 0.5) is 11.4 Å². The summed E-state index contributed by atoms with van der Waals surface area (Å²) >= 11 is 7.40. The Bertz CT molecular complexity index is 1050. The van der Waals surface area contributed by atoms with E-state index in [-0.39, 0.29) is 17.1 Å². The third-order valence-electron chi connectivity index (χ3n) is 4.37. The van der Waals surface area contributed by atoms with Crippen LogP contribution < -0.4 is 10.6 Å². The van der Waals surface area contributed by atoms with Crippen molar-refractivity contribution in [3.8, 4) is 0 Å². The standard InChI is InChI=1S/C24H23ClN2O2S/c1-15-11-16(2)13-21(12-15)27-23(28)17(3)30-22-9-7-20(8-10-22)26-24(29)18-5-4-6-19(25)14-18/h4-14,17H,1-3H3,(H,26,29)(H,27,28). The van der Waals surface area contributed by atoms with Gasteiger partial charge in [0.15, 0.2) is 0 Å². The molecule has 0 aliphatic rings. The lowest BCUT2D eigenvalue weighted by Gasteiger charge is -2.13. The second kappa shape index (κ2) is 9.83. The van der Waals surface area contributed by atoms with E-state index in [1.807, 2.05) is 57.2 Å². The number of anilines is 2. The highest BCUT2D eigenvalue weighted by molar-refractivity contribution is 8.00. The summed E-state index contributed by atoms with van der Waals surface area (Å²) in [5, 5.41) is 6.07. The van der Waals surface area contributed by atoms with Crippen molar-refractivity contribution >= 4 is 46.6 Å². The van der Waals surface area contributed by atoms with Crippen molar-refractivity contribution in [1.82, 2.24) is 0 Å². The molecule has 2 amide bonds. The molecule has 0 aromatic heterocycles. The van der Waals surface area contributed by atoms with E-state index in [4.69, 9.17) is 11.6 Å². The second-order valence-corrected chi connectivity index (χ2v) is 8.97. The Morgan fingerprint density at radius 3 is 2.17 bits per heavy atom. The second-order valence-electron chi connectivity index (χ2n) is 7.11. The van der Waals surface area contributed by atoms with Crippen molar-refractivity contribution in [2.45, 2.75) is 30.9 Å². The van der Waals surface area contributed by atoms with Gasteiger partial charge in [0.1, 0.15) is 0 Å². The SMILES string of the molecule is Cc1cc(C)cc(NC(=O)C(C)Sc2ccc(NC(=O)c3cccc(Cl)c3)cc2)c1. The Balaban J connectivity index is 1.58. The predicted molar refractivity (Wildman–Crippen MR) is 126 cm³/mol. The van der Waals surface area contributed by atoms with E-state index in [1.54, 1.807) is 24.3 Å². The Labute approximate surface area is 186 Å². The van der Waals surface area contributed by atoms with Gasteiger partial charge in [0.25, 0.3) is 5.91 Å². The Morgan fingerprint density at radius 2 is 1.53 bits per heavy atom. The molecule has 0 bridgehead atoms. The summed E-state index contributed by atoms with van der Waals surface area (Å²) in [5.74, 6) is -0.276. The number of nitrogens with one attached hydrogen (secondary N) is 2. The topological polar surface area (TPSA) is 58.2 Å². The molecule has 154 valence electrons. The number of halogens is 1. The number of hydrogen-bond acceptors (Lipinski definition) is 3. The monoisotopic (exact) mass is 438 g/mol. The molecule has 3 aromatic rings. The molecular formula is C24H23ClN2O2S. The smallest absolute Gasteiger partial charge is 0.255 e. The van der Waals surface area contributed by atoms with Crippen LogP contribution >= 0.6 is 23.4 Å². The zero-order chi connectivity index (χ0) is 21.7. The number of aryl methyl sites for hydroxylation is 2. The molecule has 0 aliphatic heterocycles. The quantitative estimate of drug-likeness (QED) is 0.442. The summed E-state index contributed by atoms with van der Waals surface area (Å²) in [5.41, 5.74) is 4.21. The maximum atomic E-state index is 12.5. The van der Waals surface area contributed by atoms with Gasteiger partial charge in [-0.25, -0.2) is 0 Å². The van der Waals surface area contributed by atoms with Gasteiger partial charge in [0, 0.05) is 26.9 Å². The van der Waals surface area contributed by atoms with Gasteiger partial charge in [-0.1, -0.05) is 23.7 Å². The average molecular weight is 439 g/mol. The minimum absolute atomic E-state index is 0.0525. The third-order valence-corrected chi connectivity index (χ3v) is 5.72. The van der Waals surface area contributed by atoms with Crippen LogP contribution in [0.5, 0.6) is 0 Å². The van der Waals surface area contributed by atoms with Gasteiger partial charge in [-0.3, -0.25) is 9.59 Å². The lowest BCUT2D eigenvalue weighted by molar-refractivity contribution is -0.115. The van der Waals surface area contributed by atoms with Gasteiger partial charge >= 0.3 is 0 Å². The summed E-state index contributed by atoms with van der Waals surface area (Å²) in [6.07, 6.45) is 0. The van der Waals surface area contributed by atoms with E-state index in [0.717, 1.165) is 21.7 Å². The van der Waals surface area contributed by atoms with Gasteiger partial charge in [0.05, 0.1) is 5.25 Å². The van der Waals surface area contributed by atoms with Gasteiger partial charge < -0.3 is 10.6 Å². The average Bonchev–Trinajstić information content (AvgIpc) is 2.68. The zero-order valence-electron chi connectivity index (χ0n) is 17.0. The number of benzene rings is 3. The summed E-state index contributed by atoms with van der Waals surface area (Å²) in [4.78, 5) is 25.8. The number of hydrogen-bond donors (Lipinski definition) is 2. The lowest BCUT2D eigenvalue weighted by Crippen LogP contribution is -2.22. The number of amides is 2. The van der Waals surface area contributed by atoms with E-state index in [0.29, 0.717) is 16.3 Å². The fourth-order valence-corrected chi connectivity index (χ4v) is 4.06. The normalized spacial score (nSPS) is 11.6. The summed E-state index contributed by atoms with van der Waals surface area (Å²) in [6, 6.07) is 20.2. The maximum Gasteiger partial charge on any atom is 0.255 e. The molecule has 3 aromatic carbocycles. The molecule has 3 rings (SSSR count). The minimum atomic E-state index is -0.266. The van der Waals surface area contributed by atoms with Crippen LogP contribution in [-0.4, -0.2) is 17.1 Å². The van der Waals surface area contributed by atoms with E-state index in [9.17, 15) is 9.59 Å². The number of thioether (sulfide) groups is 1. The highest BCUT2D eigenvalue weighted by Crippen LogP contribution is 2.26. The molecule has 0 saturated carbocycles. The molecule has 0 aliphatic carbocycles. The van der Waals surface area contributed by atoms with Crippen LogP contribution in [0.25, 0.3) is 0 Å². The van der Waals surface area contributed by atoms with Crippen LogP contribution in [0.1, 0.15) is 28.4 Å². The van der Waals surface area contributed by atoms with E-state index >= 15 is 0 Å². The highest BCUT2D eigenvalue weighted by Gasteiger charge is 2.15. The van der Waals surface area contributed by atoms with Crippen molar-refractivity contribution in [1.29, 1.82) is 0 Å². The molecular weight excluding hydrogens is 416 g/mol. The van der Waals surface area contributed by atoms with Gasteiger partial charge in [-0.15, -0.1) is 11.8 Å². The minimum Gasteiger partial charge on any atom is -0.325 e. The molecule has 1 atom stereocenters. The predicted octanol–water partition coefficient (Wildman–Crippen LogP) is 6.33. The zero-order valence-corrected chi connectivity index (χ0v) is 18.6. The summed E-state index contributed by atoms with van der Waals surface area (Å²) in [7, 11) is 0. The van der Waals surface area contributed by atoms with Crippen molar-refractivity contribution in [3.05, 3.63) is 88.4 Å². The van der Waals surface area contributed by atoms with Gasteiger partial charge in [-0.05, 0) is 86.5 Å². The largest absolute Gasteiger partial charge is 0.325 e. The molecule has 0 radical (unpaired) electrons. The first kappa shape index (κ1) is 21.9. The first-order chi connectivity index (χ1) is 14.3. The Hall–Kier alpha value is -2.76. The van der Waals surface area contributed by atoms with Crippen LogP contribution in [-0.2, 0) is 4.79 Å². The molecule has 1 unspecified atom stereocenters. The third kappa shape index (κ3) is 6.12. The molecule has 2 N–H and O–H groups in total. The highest BCUT2D eigenvalue weighted by atomic mass is 35.5. The summed E-state index contributed by atoms with van der Waals surface area (Å²) in [6.45, 7) is 5.89. The van der Waals surface area contributed by atoms with E-state index in [1.165, 1.54) is 11.8 Å². The molecule has 0 fully saturated rings. The first-order valence-corrected chi connectivity index (χ1v) is 10.8. The molecule has 4 nitrogen and oxygen atoms in total. The summed E-state index contributed by atoms with van der Waals surface area (Å²) < 4.78 is 0. The molecule has 30 heavy (non-hydrogen) atoms. The van der Waals surface area contributed by atoms with E-state index < -0.39 is 0 Å². The maximum absolute atomic E-state index is 12.5.